The van der Waals surface area contributed by atoms with Gasteiger partial charge in [0.15, 0.2) is 0 Å². The molecule has 2 unspecified atom stereocenters. The van der Waals surface area contributed by atoms with Crippen molar-refractivity contribution in [2.45, 2.75) is 37.6 Å². The summed E-state index contributed by atoms with van der Waals surface area (Å²) >= 11 is 0. The number of benzene rings is 2. The number of hydrogen-bond donors (Lipinski definition) is 2. The molecule has 3 rings (SSSR count). The van der Waals surface area contributed by atoms with E-state index < -0.39 is 0 Å². The van der Waals surface area contributed by atoms with E-state index in [9.17, 15) is 4.79 Å². The molecule has 2 N–H and O–H groups in total. The molecule has 138 valence electrons. The molecule has 0 saturated heterocycles. The molecule has 0 aliphatic heterocycles. The summed E-state index contributed by atoms with van der Waals surface area (Å²) in [5, 5.41) is 12.3. The smallest absolute Gasteiger partial charge is 0.251 e. The molecule has 2 aromatic carbocycles. The lowest BCUT2D eigenvalue weighted by atomic mass is 9.80. The fourth-order valence-electron chi connectivity index (χ4n) is 3.80. The number of carbonyl (C=O) groups is 1. The molecular formula is C22H28N2O2. The molecule has 0 heterocycles. The molecule has 1 saturated carbocycles. The molecule has 1 aliphatic carbocycles. The predicted molar refractivity (Wildman–Crippen MR) is 106 cm³/mol. The van der Waals surface area contributed by atoms with Crippen molar-refractivity contribution in [3.05, 3.63) is 65.7 Å². The van der Waals surface area contributed by atoms with Crippen molar-refractivity contribution >= 4 is 11.6 Å². The Kier molecular flexibility index (Phi) is 6.29. The summed E-state index contributed by atoms with van der Waals surface area (Å²) < 4.78 is 0. The monoisotopic (exact) mass is 352 g/mol. The topological polar surface area (TPSA) is 52.6 Å². The Labute approximate surface area is 155 Å². The van der Waals surface area contributed by atoms with Gasteiger partial charge in [0.05, 0.1) is 6.61 Å². The summed E-state index contributed by atoms with van der Waals surface area (Å²) in [5.41, 5.74) is 3.00. The van der Waals surface area contributed by atoms with Crippen molar-refractivity contribution in [1.29, 1.82) is 0 Å². The van der Waals surface area contributed by atoms with Crippen LogP contribution < -0.4 is 10.2 Å². The molecule has 4 heteroatoms. The number of aliphatic hydroxyl groups excluding tert-OH is 1. The maximum absolute atomic E-state index is 12.7. The molecule has 4 nitrogen and oxygen atoms in total. The van der Waals surface area contributed by atoms with Crippen LogP contribution in [0.2, 0.25) is 0 Å². The molecule has 2 aromatic rings. The molecular weight excluding hydrogens is 324 g/mol. The van der Waals surface area contributed by atoms with Crippen LogP contribution in [0, 0.1) is 0 Å². The fraction of sp³-hybridized carbons (Fsp3) is 0.409. The van der Waals surface area contributed by atoms with Crippen LogP contribution in [0.25, 0.3) is 0 Å². The zero-order valence-electron chi connectivity index (χ0n) is 15.4. The first-order valence-corrected chi connectivity index (χ1v) is 9.47. The van der Waals surface area contributed by atoms with Crippen LogP contribution in [0.15, 0.2) is 54.6 Å². The second-order valence-electron chi connectivity index (χ2n) is 7.07. The normalized spacial score (nSPS) is 19.8. The van der Waals surface area contributed by atoms with E-state index >= 15 is 0 Å². The second kappa shape index (κ2) is 8.86. The SMILES string of the molecule is CN(CCO)c1ccc(C(=O)NC2CCCCC2c2ccccc2)cc1. The largest absolute Gasteiger partial charge is 0.395 e. The summed E-state index contributed by atoms with van der Waals surface area (Å²) in [6, 6.07) is 18.3. The predicted octanol–water partition coefficient (Wildman–Crippen LogP) is 3.57. The van der Waals surface area contributed by atoms with Gasteiger partial charge in [0, 0.05) is 36.8 Å². The van der Waals surface area contributed by atoms with Crippen LogP contribution in [-0.2, 0) is 0 Å². The van der Waals surface area contributed by atoms with Gasteiger partial charge in [-0.25, -0.2) is 0 Å². The van der Waals surface area contributed by atoms with Gasteiger partial charge in [0.25, 0.3) is 5.91 Å². The van der Waals surface area contributed by atoms with Crippen LogP contribution in [0.5, 0.6) is 0 Å². The molecule has 0 radical (unpaired) electrons. The van der Waals surface area contributed by atoms with Crippen molar-refractivity contribution in [2.24, 2.45) is 0 Å². The van der Waals surface area contributed by atoms with Gasteiger partial charge < -0.3 is 15.3 Å². The number of likely N-dealkylation sites (N-methyl/N-ethyl adjacent to an activating group) is 1. The highest BCUT2D eigenvalue weighted by Crippen LogP contribution is 2.33. The van der Waals surface area contributed by atoms with E-state index in [4.69, 9.17) is 5.11 Å². The fourth-order valence-corrected chi connectivity index (χ4v) is 3.80. The van der Waals surface area contributed by atoms with E-state index in [1.165, 1.54) is 18.4 Å². The standard InChI is InChI=1S/C22H28N2O2/c1-24(15-16-25)19-13-11-18(12-14-19)22(26)23-21-10-6-5-9-20(21)17-7-3-2-4-8-17/h2-4,7-8,11-14,20-21,25H,5-6,9-10,15-16H2,1H3,(H,23,26). The van der Waals surface area contributed by atoms with Crippen LogP contribution >= 0.6 is 0 Å². The Morgan fingerprint density at radius 1 is 1.08 bits per heavy atom. The van der Waals surface area contributed by atoms with Crippen LogP contribution in [0.1, 0.15) is 47.5 Å². The number of rotatable bonds is 6. The van der Waals surface area contributed by atoms with Gasteiger partial charge in [-0.2, -0.15) is 0 Å². The Balaban J connectivity index is 1.68. The summed E-state index contributed by atoms with van der Waals surface area (Å²) in [6.45, 7) is 0.688. The number of amides is 1. The first-order valence-electron chi connectivity index (χ1n) is 9.47. The third kappa shape index (κ3) is 4.44. The summed E-state index contributed by atoms with van der Waals surface area (Å²) in [4.78, 5) is 14.7. The average Bonchev–Trinajstić information content (AvgIpc) is 2.69. The van der Waals surface area contributed by atoms with Crippen molar-refractivity contribution in [2.75, 3.05) is 25.1 Å². The minimum Gasteiger partial charge on any atom is -0.395 e. The van der Waals surface area contributed by atoms with Crippen molar-refractivity contribution in [3.63, 3.8) is 0 Å². The van der Waals surface area contributed by atoms with Gasteiger partial charge in [0.1, 0.15) is 0 Å². The van der Waals surface area contributed by atoms with E-state index in [1.54, 1.807) is 0 Å². The van der Waals surface area contributed by atoms with Crippen molar-refractivity contribution in [3.8, 4) is 0 Å². The van der Waals surface area contributed by atoms with Crippen molar-refractivity contribution < 1.29 is 9.90 Å². The Morgan fingerprint density at radius 3 is 2.46 bits per heavy atom. The molecule has 1 fully saturated rings. The van der Waals surface area contributed by atoms with E-state index in [-0.39, 0.29) is 18.6 Å². The zero-order valence-corrected chi connectivity index (χ0v) is 15.4. The molecule has 1 amide bonds. The van der Waals surface area contributed by atoms with E-state index in [2.05, 4.69) is 29.6 Å². The van der Waals surface area contributed by atoms with E-state index in [0.717, 1.165) is 18.5 Å². The lowest BCUT2D eigenvalue weighted by Gasteiger charge is -2.32. The second-order valence-corrected chi connectivity index (χ2v) is 7.07. The number of carbonyl (C=O) groups excluding carboxylic acids is 1. The third-order valence-corrected chi connectivity index (χ3v) is 5.32. The highest BCUT2D eigenvalue weighted by atomic mass is 16.3. The highest BCUT2D eigenvalue weighted by Gasteiger charge is 2.27. The molecule has 2 atom stereocenters. The summed E-state index contributed by atoms with van der Waals surface area (Å²) in [5.74, 6) is 0.387. The first kappa shape index (κ1) is 18.5. The van der Waals surface area contributed by atoms with Crippen LogP contribution in [0.3, 0.4) is 0 Å². The lowest BCUT2D eigenvalue weighted by molar-refractivity contribution is 0.0920. The van der Waals surface area contributed by atoms with Gasteiger partial charge in [0.2, 0.25) is 0 Å². The summed E-state index contributed by atoms with van der Waals surface area (Å²) in [6.07, 6.45) is 4.54. The summed E-state index contributed by atoms with van der Waals surface area (Å²) in [7, 11) is 1.93. The first-order chi connectivity index (χ1) is 12.7. The molecule has 1 aliphatic rings. The molecule has 26 heavy (non-hydrogen) atoms. The van der Waals surface area contributed by atoms with E-state index in [1.807, 2.05) is 42.3 Å². The number of nitrogens with zero attached hydrogens (tertiary/aromatic N) is 1. The Bertz CT molecular complexity index is 700. The number of nitrogens with one attached hydrogen (secondary N) is 1. The van der Waals surface area contributed by atoms with Gasteiger partial charge in [-0.05, 0) is 42.7 Å². The molecule has 0 spiro atoms. The highest BCUT2D eigenvalue weighted by molar-refractivity contribution is 5.94. The van der Waals surface area contributed by atoms with Crippen LogP contribution in [-0.4, -0.2) is 37.3 Å². The van der Waals surface area contributed by atoms with Crippen LogP contribution in [0.4, 0.5) is 5.69 Å². The van der Waals surface area contributed by atoms with E-state index in [0.29, 0.717) is 18.0 Å². The third-order valence-electron chi connectivity index (χ3n) is 5.32. The maximum atomic E-state index is 12.7. The number of aliphatic hydroxyl groups is 1. The quantitative estimate of drug-likeness (QED) is 0.836. The van der Waals surface area contributed by atoms with Gasteiger partial charge in [-0.3, -0.25) is 4.79 Å². The molecule has 0 bridgehead atoms. The average molecular weight is 352 g/mol. The maximum Gasteiger partial charge on any atom is 0.251 e. The van der Waals surface area contributed by atoms with Gasteiger partial charge in [-0.1, -0.05) is 43.2 Å². The van der Waals surface area contributed by atoms with Crippen molar-refractivity contribution in [1.82, 2.24) is 5.32 Å². The van der Waals surface area contributed by atoms with Gasteiger partial charge in [-0.15, -0.1) is 0 Å². The minimum absolute atomic E-state index is 0.00538. The number of hydrogen-bond acceptors (Lipinski definition) is 3. The Hall–Kier alpha value is -2.33. The molecule has 0 aromatic heterocycles. The van der Waals surface area contributed by atoms with Gasteiger partial charge >= 0.3 is 0 Å². The number of anilines is 1. The Morgan fingerprint density at radius 2 is 1.77 bits per heavy atom. The lowest BCUT2D eigenvalue weighted by Crippen LogP contribution is -2.41. The zero-order chi connectivity index (χ0) is 18.4. The minimum atomic E-state index is -0.00538.